The molecule has 1 saturated heterocycles. The molecule has 0 bridgehead atoms. The number of rotatable bonds is 11. The van der Waals surface area contributed by atoms with Gasteiger partial charge in [-0.15, -0.1) is 13.2 Å². The summed E-state index contributed by atoms with van der Waals surface area (Å²) in [6.45, 7) is 14.1. The average molecular weight is 544 g/mol. The van der Waals surface area contributed by atoms with Crippen LogP contribution in [0.4, 0.5) is 13.2 Å². The zero-order valence-electron chi connectivity index (χ0n) is 23.0. The lowest BCUT2D eigenvalue weighted by Crippen LogP contribution is -2.37. The largest absolute Gasteiger partial charge is 0.573 e. The number of nitrogens with zero attached hydrogens (tertiary/aromatic N) is 3. The van der Waals surface area contributed by atoms with E-state index in [2.05, 4.69) is 43.4 Å². The standard InChI is InChI=1S/C21H29F3N2O.C7H15NOS/c1-5-7-17(9-8-15(3)6-2)20-14-16(4)26(25-20)18-10-12-19(13-11-18)27-21(22,23)24;1-2-3-8-4-6-10(9)7-5-8/h10-15,17H,5-9H2,1-4H3;2-7H2,1H3. The van der Waals surface area contributed by atoms with E-state index in [0.717, 1.165) is 60.9 Å². The molecule has 1 aromatic heterocycles. The van der Waals surface area contributed by atoms with E-state index in [9.17, 15) is 17.4 Å². The first-order valence-corrected chi connectivity index (χ1v) is 15.0. The second-order valence-electron chi connectivity index (χ2n) is 9.93. The van der Waals surface area contributed by atoms with Crippen LogP contribution < -0.4 is 4.74 Å². The van der Waals surface area contributed by atoms with Gasteiger partial charge < -0.3 is 9.64 Å². The van der Waals surface area contributed by atoms with Crippen LogP contribution in [0, 0.1) is 12.8 Å². The summed E-state index contributed by atoms with van der Waals surface area (Å²) in [5.41, 5.74) is 2.76. The molecule has 3 rings (SSSR count). The summed E-state index contributed by atoms with van der Waals surface area (Å²) in [4.78, 5) is 2.39. The highest BCUT2D eigenvalue weighted by molar-refractivity contribution is 7.85. The molecule has 5 nitrogen and oxygen atoms in total. The van der Waals surface area contributed by atoms with E-state index in [1.807, 2.05) is 6.92 Å². The van der Waals surface area contributed by atoms with Crippen LogP contribution in [0.25, 0.3) is 5.69 Å². The molecule has 1 aliphatic heterocycles. The first-order chi connectivity index (χ1) is 17.6. The second kappa shape index (κ2) is 15.5. The van der Waals surface area contributed by atoms with Gasteiger partial charge in [-0.25, -0.2) is 4.68 Å². The third kappa shape index (κ3) is 11.2. The Morgan fingerprint density at radius 2 is 1.68 bits per heavy atom. The molecule has 37 heavy (non-hydrogen) atoms. The number of alkyl halides is 3. The first kappa shape index (κ1) is 31.3. The van der Waals surface area contributed by atoms with E-state index in [4.69, 9.17) is 5.10 Å². The highest BCUT2D eigenvalue weighted by Gasteiger charge is 2.31. The molecule has 1 aliphatic rings. The van der Waals surface area contributed by atoms with Crippen molar-refractivity contribution in [3.05, 3.63) is 41.7 Å². The summed E-state index contributed by atoms with van der Waals surface area (Å²) < 4.78 is 53.5. The Morgan fingerprint density at radius 1 is 1.03 bits per heavy atom. The normalized spacial score (nSPS) is 16.6. The Kier molecular flexibility index (Phi) is 13.1. The van der Waals surface area contributed by atoms with Gasteiger partial charge in [0, 0.05) is 47.0 Å². The van der Waals surface area contributed by atoms with Gasteiger partial charge in [0.15, 0.2) is 0 Å². The Bertz CT molecular complexity index is 937. The quantitative estimate of drug-likeness (QED) is 0.300. The first-order valence-electron chi connectivity index (χ1n) is 13.6. The molecule has 1 fully saturated rings. The zero-order chi connectivity index (χ0) is 27.4. The molecule has 2 unspecified atom stereocenters. The van der Waals surface area contributed by atoms with Crippen molar-refractivity contribution >= 4 is 10.8 Å². The van der Waals surface area contributed by atoms with Gasteiger partial charge in [-0.05, 0) is 69.0 Å². The molecular weight excluding hydrogens is 499 g/mol. The maximum absolute atomic E-state index is 12.3. The Morgan fingerprint density at radius 3 is 2.22 bits per heavy atom. The number of hydrogen-bond acceptors (Lipinski definition) is 4. The fraction of sp³-hybridized carbons (Fsp3) is 0.679. The number of hydrogen-bond donors (Lipinski definition) is 0. The lowest BCUT2D eigenvalue weighted by molar-refractivity contribution is -0.274. The molecule has 1 aromatic carbocycles. The minimum absolute atomic E-state index is 0.228. The van der Waals surface area contributed by atoms with Gasteiger partial charge in [-0.2, -0.15) is 5.10 Å². The molecule has 0 N–H and O–H groups in total. The fourth-order valence-corrected chi connectivity index (χ4v) is 5.57. The van der Waals surface area contributed by atoms with Crippen molar-refractivity contribution in [1.82, 2.24) is 14.7 Å². The maximum Gasteiger partial charge on any atom is 0.573 e. The molecule has 0 aliphatic carbocycles. The van der Waals surface area contributed by atoms with Crippen LogP contribution in [0.5, 0.6) is 5.75 Å². The topological polar surface area (TPSA) is 47.4 Å². The third-order valence-electron chi connectivity index (χ3n) is 6.79. The number of aromatic nitrogens is 2. The van der Waals surface area contributed by atoms with Gasteiger partial charge in [-0.3, -0.25) is 4.21 Å². The van der Waals surface area contributed by atoms with E-state index in [1.54, 1.807) is 16.8 Å². The third-order valence-corrected chi connectivity index (χ3v) is 8.07. The Balaban J connectivity index is 0.000000402. The van der Waals surface area contributed by atoms with Crippen molar-refractivity contribution in [3.8, 4) is 11.4 Å². The second-order valence-corrected chi connectivity index (χ2v) is 11.6. The van der Waals surface area contributed by atoms with Gasteiger partial charge >= 0.3 is 6.36 Å². The predicted octanol–water partition coefficient (Wildman–Crippen LogP) is 7.25. The van der Waals surface area contributed by atoms with Crippen molar-refractivity contribution in [1.29, 1.82) is 0 Å². The van der Waals surface area contributed by atoms with E-state index in [1.165, 1.54) is 37.9 Å². The molecule has 2 atom stereocenters. The van der Waals surface area contributed by atoms with Gasteiger partial charge in [0.1, 0.15) is 5.75 Å². The van der Waals surface area contributed by atoms with Crippen LogP contribution in [0.1, 0.15) is 83.5 Å². The summed E-state index contributed by atoms with van der Waals surface area (Å²) in [6.07, 6.45) is 2.19. The lowest BCUT2D eigenvalue weighted by atomic mass is 9.90. The van der Waals surface area contributed by atoms with Gasteiger partial charge in [0.05, 0.1) is 11.4 Å². The molecule has 0 spiro atoms. The number of aryl methyl sites for hydroxylation is 1. The monoisotopic (exact) mass is 543 g/mol. The zero-order valence-corrected chi connectivity index (χ0v) is 23.8. The van der Waals surface area contributed by atoms with E-state index < -0.39 is 17.2 Å². The molecule has 2 heterocycles. The van der Waals surface area contributed by atoms with Crippen molar-refractivity contribution in [2.75, 3.05) is 31.1 Å². The van der Waals surface area contributed by atoms with Gasteiger partial charge in [-0.1, -0.05) is 47.0 Å². The smallest absolute Gasteiger partial charge is 0.406 e. The van der Waals surface area contributed by atoms with Crippen LogP contribution >= 0.6 is 0 Å². The van der Waals surface area contributed by atoms with Crippen LogP contribution in [-0.2, 0) is 10.8 Å². The molecular formula is C28H44F3N3O2S. The van der Waals surface area contributed by atoms with Gasteiger partial charge in [0.2, 0.25) is 0 Å². The highest BCUT2D eigenvalue weighted by atomic mass is 32.2. The van der Waals surface area contributed by atoms with E-state index in [0.29, 0.717) is 11.8 Å². The average Bonchev–Trinajstić information content (AvgIpc) is 3.24. The minimum Gasteiger partial charge on any atom is -0.406 e. The molecule has 210 valence electrons. The molecule has 0 radical (unpaired) electrons. The lowest BCUT2D eigenvalue weighted by Gasteiger charge is -2.25. The maximum atomic E-state index is 12.3. The van der Waals surface area contributed by atoms with Gasteiger partial charge in [0.25, 0.3) is 0 Å². The fourth-order valence-electron chi connectivity index (χ4n) is 4.44. The van der Waals surface area contributed by atoms with Crippen LogP contribution in [0.3, 0.4) is 0 Å². The van der Waals surface area contributed by atoms with Crippen LogP contribution in [-0.4, -0.2) is 56.4 Å². The number of benzene rings is 1. The van der Waals surface area contributed by atoms with Crippen molar-refractivity contribution in [3.63, 3.8) is 0 Å². The molecule has 0 saturated carbocycles. The van der Waals surface area contributed by atoms with Crippen molar-refractivity contribution in [2.45, 2.75) is 85.4 Å². The SMILES string of the molecule is CCCC(CCC(C)CC)c1cc(C)n(-c2ccc(OC(F)(F)F)cc2)n1.CCCN1CCS(=O)CC1. The molecule has 9 heteroatoms. The molecule has 2 aromatic rings. The number of halogens is 3. The summed E-state index contributed by atoms with van der Waals surface area (Å²) >= 11 is 0. The van der Waals surface area contributed by atoms with Crippen molar-refractivity contribution in [2.24, 2.45) is 5.92 Å². The molecule has 0 amide bonds. The summed E-state index contributed by atoms with van der Waals surface area (Å²) in [5, 5.41) is 4.76. The summed E-state index contributed by atoms with van der Waals surface area (Å²) in [7, 11) is -0.506. The van der Waals surface area contributed by atoms with E-state index >= 15 is 0 Å². The Hall–Kier alpha value is -1.87. The predicted molar refractivity (Wildman–Crippen MR) is 146 cm³/mol. The van der Waals surface area contributed by atoms with Crippen LogP contribution in [0.15, 0.2) is 30.3 Å². The minimum atomic E-state index is -4.68. The Labute approximate surface area is 223 Å². The summed E-state index contributed by atoms with van der Waals surface area (Å²) in [5.74, 6) is 2.67. The number of ether oxygens (including phenoxy) is 1. The highest BCUT2D eigenvalue weighted by Crippen LogP contribution is 2.30. The summed E-state index contributed by atoms with van der Waals surface area (Å²) in [6, 6.07) is 7.92. The van der Waals surface area contributed by atoms with Crippen LogP contribution in [0.2, 0.25) is 0 Å². The van der Waals surface area contributed by atoms with Crippen molar-refractivity contribution < 1.29 is 22.1 Å². The van der Waals surface area contributed by atoms with E-state index in [-0.39, 0.29) is 5.75 Å².